The quantitative estimate of drug-likeness (QED) is 0.528. The Morgan fingerprint density at radius 3 is 2.61 bits per heavy atom. The van der Waals surface area contributed by atoms with Crippen LogP contribution in [0.15, 0.2) is 34.0 Å². The van der Waals surface area contributed by atoms with Crippen molar-refractivity contribution in [2.45, 2.75) is 33.4 Å². The van der Waals surface area contributed by atoms with E-state index >= 15 is 0 Å². The first kappa shape index (κ1) is 18.5. The molecule has 0 aliphatic carbocycles. The first-order valence-corrected chi connectivity index (χ1v) is 9.22. The normalized spacial score (nSPS) is 12.0. The summed E-state index contributed by atoms with van der Waals surface area (Å²) in [5, 5.41) is 0.161. The Labute approximate surface area is 164 Å². The molecule has 3 aromatic heterocycles. The Morgan fingerprint density at radius 2 is 1.96 bits per heavy atom. The lowest BCUT2D eigenvalue weighted by molar-refractivity contribution is 0.582. The van der Waals surface area contributed by atoms with Crippen LogP contribution in [-0.4, -0.2) is 23.1 Å². The second kappa shape index (κ2) is 6.34. The van der Waals surface area contributed by atoms with Gasteiger partial charge >= 0.3 is 5.69 Å². The summed E-state index contributed by atoms with van der Waals surface area (Å²) in [6.45, 7) is 5.71. The summed E-state index contributed by atoms with van der Waals surface area (Å²) in [4.78, 5) is 30.6. The molecule has 146 valence electrons. The lowest BCUT2D eigenvalue weighted by Gasteiger charge is -2.10. The average Bonchev–Trinajstić information content (AvgIpc) is 3.13. The number of hydrogen-bond acceptors (Lipinski definition) is 3. The van der Waals surface area contributed by atoms with Crippen LogP contribution in [0.4, 0.5) is 4.39 Å². The van der Waals surface area contributed by atoms with Gasteiger partial charge in [0.05, 0.1) is 6.54 Å². The third kappa shape index (κ3) is 2.51. The molecule has 0 radical (unpaired) electrons. The summed E-state index contributed by atoms with van der Waals surface area (Å²) >= 11 is 6.09. The Bertz CT molecular complexity index is 1340. The van der Waals surface area contributed by atoms with Crippen LogP contribution in [0.25, 0.3) is 16.9 Å². The highest BCUT2D eigenvalue weighted by atomic mass is 35.5. The molecule has 3 heterocycles. The lowest BCUT2D eigenvalue weighted by Crippen LogP contribution is -2.39. The van der Waals surface area contributed by atoms with E-state index in [0.29, 0.717) is 5.78 Å². The molecule has 0 saturated heterocycles. The minimum Gasteiger partial charge on any atom is -0.312 e. The Hall–Kier alpha value is -2.87. The molecule has 0 amide bonds. The molecule has 0 fully saturated rings. The van der Waals surface area contributed by atoms with Crippen LogP contribution < -0.4 is 11.2 Å². The van der Waals surface area contributed by atoms with Gasteiger partial charge in [0.2, 0.25) is 5.78 Å². The van der Waals surface area contributed by atoms with E-state index < -0.39 is 17.1 Å². The van der Waals surface area contributed by atoms with Crippen molar-refractivity contribution in [3.8, 4) is 0 Å². The zero-order valence-electron chi connectivity index (χ0n) is 15.9. The van der Waals surface area contributed by atoms with Gasteiger partial charge in [-0.15, -0.1) is 0 Å². The highest BCUT2D eigenvalue weighted by molar-refractivity contribution is 6.31. The summed E-state index contributed by atoms with van der Waals surface area (Å²) in [6, 6.07) is 4.38. The number of imidazole rings is 2. The number of rotatable bonds is 3. The number of benzene rings is 1. The number of nitrogens with zero attached hydrogens (tertiary/aromatic N) is 5. The third-order valence-electron chi connectivity index (χ3n) is 4.96. The third-order valence-corrected chi connectivity index (χ3v) is 5.32. The van der Waals surface area contributed by atoms with Crippen molar-refractivity contribution in [1.82, 2.24) is 23.1 Å². The predicted octanol–water partition coefficient (Wildman–Crippen LogP) is 2.88. The van der Waals surface area contributed by atoms with Crippen molar-refractivity contribution in [2.75, 3.05) is 0 Å². The maximum atomic E-state index is 14.2. The van der Waals surface area contributed by atoms with Crippen molar-refractivity contribution < 1.29 is 4.39 Å². The van der Waals surface area contributed by atoms with Crippen LogP contribution in [0, 0.1) is 12.7 Å². The van der Waals surface area contributed by atoms with Crippen LogP contribution in [0.5, 0.6) is 0 Å². The number of hydrogen-bond donors (Lipinski definition) is 0. The van der Waals surface area contributed by atoms with Crippen molar-refractivity contribution >= 4 is 28.5 Å². The summed E-state index contributed by atoms with van der Waals surface area (Å²) in [6.07, 6.45) is 1.82. The van der Waals surface area contributed by atoms with E-state index in [1.54, 1.807) is 11.4 Å². The lowest BCUT2D eigenvalue weighted by atomic mass is 10.2. The van der Waals surface area contributed by atoms with E-state index in [1.165, 1.54) is 22.8 Å². The van der Waals surface area contributed by atoms with Gasteiger partial charge in [0.15, 0.2) is 11.2 Å². The standard InChI is InChI=1S/C19H19ClFN5O2/c1-10(2)26-11(3)8-24-15-16(22-18(24)26)23(4)19(28)25(17(15)27)9-12-13(20)6-5-7-14(12)21/h5-8,10H,9H2,1-4H3. The molecule has 28 heavy (non-hydrogen) atoms. The van der Waals surface area contributed by atoms with Gasteiger partial charge in [-0.3, -0.25) is 18.3 Å². The molecule has 4 rings (SSSR count). The maximum absolute atomic E-state index is 14.2. The van der Waals surface area contributed by atoms with Gasteiger partial charge in [0.1, 0.15) is 5.82 Å². The molecule has 0 saturated carbocycles. The molecule has 0 atom stereocenters. The van der Waals surface area contributed by atoms with Gasteiger partial charge in [-0.05, 0) is 32.9 Å². The summed E-state index contributed by atoms with van der Waals surface area (Å²) in [7, 11) is 1.54. The molecule has 9 heteroatoms. The zero-order chi connectivity index (χ0) is 20.3. The number of halogens is 2. The summed E-state index contributed by atoms with van der Waals surface area (Å²) in [5.74, 6) is 0.0121. The fraction of sp³-hybridized carbons (Fsp3) is 0.316. The number of aryl methyl sites for hydroxylation is 2. The maximum Gasteiger partial charge on any atom is 0.332 e. The van der Waals surface area contributed by atoms with Gasteiger partial charge in [-0.25, -0.2) is 9.18 Å². The molecule has 0 spiro atoms. The first-order chi connectivity index (χ1) is 13.2. The fourth-order valence-electron chi connectivity index (χ4n) is 3.65. The van der Waals surface area contributed by atoms with Gasteiger partial charge in [-0.1, -0.05) is 17.7 Å². The van der Waals surface area contributed by atoms with E-state index in [0.717, 1.165) is 10.3 Å². The zero-order valence-corrected chi connectivity index (χ0v) is 16.7. The minimum absolute atomic E-state index is 0.0967. The van der Waals surface area contributed by atoms with Crippen molar-refractivity contribution in [2.24, 2.45) is 7.05 Å². The number of aromatic nitrogens is 5. The molecule has 0 N–H and O–H groups in total. The van der Waals surface area contributed by atoms with E-state index in [2.05, 4.69) is 4.98 Å². The SMILES string of the molecule is Cc1cn2c3c(=O)n(Cc4c(F)cccc4Cl)c(=O)n(C)c3nc2n1C(C)C. The van der Waals surface area contributed by atoms with Crippen LogP contribution in [-0.2, 0) is 13.6 Å². The Balaban J connectivity index is 2.06. The molecular weight excluding hydrogens is 385 g/mol. The smallest absolute Gasteiger partial charge is 0.312 e. The highest BCUT2D eigenvalue weighted by Gasteiger charge is 2.22. The predicted molar refractivity (Wildman–Crippen MR) is 106 cm³/mol. The van der Waals surface area contributed by atoms with Crippen molar-refractivity contribution in [1.29, 1.82) is 0 Å². The largest absolute Gasteiger partial charge is 0.332 e. The van der Waals surface area contributed by atoms with E-state index in [1.807, 2.05) is 31.5 Å². The van der Waals surface area contributed by atoms with E-state index in [-0.39, 0.29) is 34.3 Å². The van der Waals surface area contributed by atoms with E-state index in [4.69, 9.17) is 11.6 Å². The molecule has 1 aromatic carbocycles. The molecule has 4 aromatic rings. The fourth-order valence-corrected chi connectivity index (χ4v) is 3.87. The monoisotopic (exact) mass is 403 g/mol. The summed E-state index contributed by atoms with van der Waals surface area (Å²) in [5.41, 5.74) is 0.481. The molecular formula is C19H19ClFN5O2. The van der Waals surface area contributed by atoms with Crippen molar-refractivity contribution in [3.05, 3.63) is 67.3 Å². The Morgan fingerprint density at radius 1 is 1.25 bits per heavy atom. The van der Waals surface area contributed by atoms with Gasteiger partial charge in [-0.2, -0.15) is 4.98 Å². The van der Waals surface area contributed by atoms with Crippen molar-refractivity contribution in [3.63, 3.8) is 0 Å². The van der Waals surface area contributed by atoms with Gasteiger partial charge in [0, 0.05) is 35.6 Å². The summed E-state index contributed by atoms with van der Waals surface area (Å²) < 4.78 is 20.2. The molecule has 0 bridgehead atoms. The van der Waals surface area contributed by atoms with Crippen LogP contribution in [0.3, 0.4) is 0 Å². The van der Waals surface area contributed by atoms with Crippen LogP contribution >= 0.6 is 11.6 Å². The second-order valence-electron chi connectivity index (χ2n) is 7.12. The minimum atomic E-state index is -0.578. The molecule has 7 nitrogen and oxygen atoms in total. The highest BCUT2D eigenvalue weighted by Crippen LogP contribution is 2.21. The topological polar surface area (TPSA) is 66.2 Å². The van der Waals surface area contributed by atoms with E-state index in [9.17, 15) is 14.0 Å². The van der Waals surface area contributed by atoms with Crippen LogP contribution in [0.1, 0.15) is 31.1 Å². The Kier molecular flexibility index (Phi) is 4.19. The second-order valence-corrected chi connectivity index (χ2v) is 7.53. The first-order valence-electron chi connectivity index (χ1n) is 8.84. The molecule has 0 unspecified atom stereocenters. The number of fused-ring (bicyclic) bond motifs is 3. The van der Waals surface area contributed by atoms with Crippen LogP contribution in [0.2, 0.25) is 5.02 Å². The molecule has 0 aliphatic rings. The average molecular weight is 404 g/mol. The van der Waals surface area contributed by atoms with Gasteiger partial charge in [0.25, 0.3) is 5.56 Å². The molecule has 0 aliphatic heterocycles. The van der Waals surface area contributed by atoms with Gasteiger partial charge < -0.3 is 4.57 Å².